The summed E-state index contributed by atoms with van der Waals surface area (Å²) >= 11 is 0. The van der Waals surface area contributed by atoms with Crippen LogP contribution in [0.1, 0.15) is 39.5 Å². The second kappa shape index (κ2) is 4.84. The third-order valence-electron chi connectivity index (χ3n) is 1.86. The fourth-order valence-corrected chi connectivity index (χ4v) is 1.14. The van der Waals surface area contributed by atoms with Gasteiger partial charge in [0.2, 0.25) is 5.91 Å². The third kappa shape index (κ3) is 3.44. The van der Waals surface area contributed by atoms with Gasteiger partial charge < -0.3 is 10.2 Å². The molecule has 1 heterocycles. The zero-order chi connectivity index (χ0) is 9.68. The Bertz CT molecular complexity index is 214. The summed E-state index contributed by atoms with van der Waals surface area (Å²) in [6.45, 7) is 3.99. The largest absolute Gasteiger partial charge is 0.391 e. The molecule has 0 spiro atoms. The van der Waals surface area contributed by atoms with Gasteiger partial charge in [-0.05, 0) is 13.3 Å². The molecule has 1 rings (SSSR count). The Labute approximate surface area is 78.3 Å². The van der Waals surface area contributed by atoms with E-state index in [4.69, 9.17) is 4.84 Å². The first-order valence-electron chi connectivity index (χ1n) is 4.75. The Hall–Kier alpha value is -1.06. The predicted molar refractivity (Wildman–Crippen MR) is 50.3 cm³/mol. The Kier molecular flexibility index (Phi) is 3.73. The summed E-state index contributed by atoms with van der Waals surface area (Å²) < 4.78 is 0. The van der Waals surface area contributed by atoms with Crippen LogP contribution >= 0.6 is 0 Å². The summed E-state index contributed by atoms with van der Waals surface area (Å²) in [7, 11) is 0. The van der Waals surface area contributed by atoms with Crippen molar-refractivity contribution in [3.8, 4) is 0 Å². The number of nitrogens with one attached hydrogen (secondary N) is 1. The molecule has 0 bridgehead atoms. The molecule has 0 aromatic rings. The zero-order valence-corrected chi connectivity index (χ0v) is 8.17. The van der Waals surface area contributed by atoms with E-state index in [1.54, 1.807) is 0 Å². The van der Waals surface area contributed by atoms with Crippen molar-refractivity contribution in [1.82, 2.24) is 5.32 Å². The van der Waals surface area contributed by atoms with Crippen molar-refractivity contribution in [3.05, 3.63) is 0 Å². The number of carbonyl (C=O) groups is 1. The molecule has 4 nitrogen and oxygen atoms in total. The van der Waals surface area contributed by atoms with Gasteiger partial charge in [0.1, 0.15) is 6.10 Å². The molecule has 0 saturated carbocycles. The van der Waals surface area contributed by atoms with Crippen LogP contribution in [0.2, 0.25) is 0 Å². The van der Waals surface area contributed by atoms with E-state index in [1.807, 2.05) is 6.92 Å². The van der Waals surface area contributed by atoms with E-state index < -0.39 is 0 Å². The zero-order valence-electron chi connectivity index (χ0n) is 8.17. The molecule has 1 N–H and O–H groups in total. The molecule has 0 fully saturated rings. The van der Waals surface area contributed by atoms with Crippen LogP contribution in [0.4, 0.5) is 0 Å². The van der Waals surface area contributed by atoms with Gasteiger partial charge >= 0.3 is 0 Å². The van der Waals surface area contributed by atoms with E-state index in [9.17, 15) is 4.79 Å². The molecule has 0 radical (unpaired) electrons. The third-order valence-corrected chi connectivity index (χ3v) is 1.86. The lowest BCUT2D eigenvalue weighted by Crippen LogP contribution is -2.29. The van der Waals surface area contributed by atoms with E-state index in [0.717, 1.165) is 12.8 Å². The highest BCUT2D eigenvalue weighted by Gasteiger charge is 2.17. The highest BCUT2D eigenvalue weighted by Crippen LogP contribution is 2.07. The van der Waals surface area contributed by atoms with Gasteiger partial charge in [0, 0.05) is 12.8 Å². The second-order valence-corrected chi connectivity index (χ2v) is 3.31. The molecule has 0 aromatic carbocycles. The quantitative estimate of drug-likeness (QED) is 0.721. The predicted octanol–water partition coefficient (Wildman–Crippen LogP) is 1.42. The lowest BCUT2D eigenvalue weighted by molar-refractivity contribution is -0.119. The van der Waals surface area contributed by atoms with Crippen molar-refractivity contribution in [3.63, 3.8) is 0 Å². The Morgan fingerprint density at radius 2 is 2.54 bits per heavy atom. The van der Waals surface area contributed by atoms with Gasteiger partial charge in [0.05, 0.1) is 0 Å². The van der Waals surface area contributed by atoms with Crippen molar-refractivity contribution >= 4 is 11.7 Å². The standard InChI is InChI=1S/C9H16N2O2/c1-3-4-5-9(12)10-8-6-7(2)13-11-8/h7H,3-6H2,1-2H3,(H,10,11,12). The maximum atomic E-state index is 11.2. The number of hydrogen-bond acceptors (Lipinski definition) is 3. The molecule has 0 saturated heterocycles. The smallest absolute Gasteiger partial charge is 0.225 e. The van der Waals surface area contributed by atoms with Crippen molar-refractivity contribution in [2.45, 2.75) is 45.6 Å². The second-order valence-electron chi connectivity index (χ2n) is 3.31. The number of unbranched alkanes of at least 4 members (excludes halogenated alkanes) is 1. The van der Waals surface area contributed by atoms with Gasteiger partial charge in [-0.25, -0.2) is 0 Å². The van der Waals surface area contributed by atoms with Gasteiger partial charge in [-0.1, -0.05) is 18.5 Å². The maximum Gasteiger partial charge on any atom is 0.225 e. The molecule has 0 aromatic heterocycles. The van der Waals surface area contributed by atoms with Crippen LogP contribution in [-0.2, 0) is 9.63 Å². The van der Waals surface area contributed by atoms with Crippen molar-refractivity contribution in [1.29, 1.82) is 0 Å². The number of oxime groups is 1. The molecule has 1 atom stereocenters. The summed E-state index contributed by atoms with van der Waals surface area (Å²) in [5.74, 6) is 0.701. The van der Waals surface area contributed by atoms with Crippen molar-refractivity contribution in [2.24, 2.45) is 5.16 Å². The molecular formula is C9H16N2O2. The number of amidine groups is 1. The highest BCUT2D eigenvalue weighted by atomic mass is 16.6. The van der Waals surface area contributed by atoms with E-state index >= 15 is 0 Å². The van der Waals surface area contributed by atoms with Crippen LogP contribution in [0.5, 0.6) is 0 Å². The van der Waals surface area contributed by atoms with Gasteiger partial charge in [-0.15, -0.1) is 0 Å². The maximum absolute atomic E-state index is 11.2. The SMILES string of the molecule is CCCCC(=O)NC1=NOC(C)C1. The van der Waals surface area contributed by atoms with Gasteiger partial charge in [-0.3, -0.25) is 4.79 Å². The molecule has 1 unspecified atom stereocenters. The Balaban J connectivity index is 2.21. The van der Waals surface area contributed by atoms with E-state index in [0.29, 0.717) is 18.7 Å². The summed E-state index contributed by atoms with van der Waals surface area (Å²) in [5, 5.41) is 6.48. The summed E-state index contributed by atoms with van der Waals surface area (Å²) in [6.07, 6.45) is 3.34. The molecule has 1 aliphatic heterocycles. The van der Waals surface area contributed by atoms with Crippen molar-refractivity contribution < 1.29 is 9.63 Å². The number of nitrogens with zero attached hydrogens (tertiary/aromatic N) is 1. The molecule has 13 heavy (non-hydrogen) atoms. The monoisotopic (exact) mass is 184 g/mol. The normalized spacial score (nSPS) is 20.8. The van der Waals surface area contributed by atoms with Crippen LogP contribution in [0, 0.1) is 0 Å². The number of rotatable bonds is 3. The number of carbonyl (C=O) groups excluding carboxylic acids is 1. The van der Waals surface area contributed by atoms with Crippen LogP contribution < -0.4 is 5.32 Å². The fourth-order valence-electron chi connectivity index (χ4n) is 1.14. The van der Waals surface area contributed by atoms with E-state index in [-0.39, 0.29) is 12.0 Å². The van der Waals surface area contributed by atoms with E-state index in [2.05, 4.69) is 17.4 Å². The van der Waals surface area contributed by atoms with Gasteiger partial charge in [-0.2, -0.15) is 0 Å². The summed E-state index contributed by atoms with van der Waals surface area (Å²) in [6, 6.07) is 0. The highest BCUT2D eigenvalue weighted by molar-refractivity contribution is 5.98. The lowest BCUT2D eigenvalue weighted by Gasteiger charge is -2.01. The van der Waals surface area contributed by atoms with Crippen LogP contribution in [0.25, 0.3) is 0 Å². The van der Waals surface area contributed by atoms with Crippen LogP contribution in [0.15, 0.2) is 5.16 Å². The molecule has 4 heteroatoms. The molecular weight excluding hydrogens is 168 g/mol. The molecule has 1 aliphatic rings. The van der Waals surface area contributed by atoms with Crippen LogP contribution in [0.3, 0.4) is 0 Å². The first-order valence-corrected chi connectivity index (χ1v) is 4.75. The Morgan fingerprint density at radius 3 is 3.08 bits per heavy atom. The summed E-state index contributed by atoms with van der Waals surface area (Å²) in [4.78, 5) is 16.2. The van der Waals surface area contributed by atoms with Gasteiger partial charge in [0.15, 0.2) is 5.84 Å². The first kappa shape index (κ1) is 10.0. The Morgan fingerprint density at radius 1 is 1.77 bits per heavy atom. The first-order chi connectivity index (χ1) is 6.22. The molecule has 74 valence electrons. The lowest BCUT2D eigenvalue weighted by atomic mass is 10.2. The fraction of sp³-hybridized carbons (Fsp3) is 0.778. The average Bonchev–Trinajstić information content (AvgIpc) is 2.48. The molecule has 1 amide bonds. The summed E-state index contributed by atoms with van der Waals surface area (Å²) in [5.41, 5.74) is 0. The topological polar surface area (TPSA) is 50.7 Å². The number of amides is 1. The number of hydrogen-bond donors (Lipinski definition) is 1. The minimum atomic E-state index is 0.0401. The minimum absolute atomic E-state index is 0.0401. The minimum Gasteiger partial charge on any atom is -0.391 e. The average molecular weight is 184 g/mol. The molecule has 0 aliphatic carbocycles. The van der Waals surface area contributed by atoms with Crippen molar-refractivity contribution in [2.75, 3.05) is 0 Å². The van der Waals surface area contributed by atoms with Crippen LogP contribution in [-0.4, -0.2) is 17.8 Å². The van der Waals surface area contributed by atoms with E-state index in [1.165, 1.54) is 0 Å². The van der Waals surface area contributed by atoms with Gasteiger partial charge in [0.25, 0.3) is 0 Å².